The highest BCUT2D eigenvalue weighted by Gasteiger charge is 2.29. The van der Waals surface area contributed by atoms with Crippen LogP contribution in [0.3, 0.4) is 0 Å². The topological polar surface area (TPSA) is 97.5 Å². The molecule has 1 aliphatic rings. The fraction of sp³-hybridized carbons (Fsp3) is 0.286. The molecule has 7 nitrogen and oxygen atoms in total. The number of nitrogens with zero attached hydrogens (tertiary/aromatic N) is 2. The largest absolute Gasteiger partial charge is 0.487 e. The van der Waals surface area contributed by atoms with Gasteiger partial charge in [0.05, 0.1) is 16.0 Å². The van der Waals surface area contributed by atoms with Crippen LogP contribution in [-0.4, -0.2) is 43.5 Å². The number of aromatic nitrogens is 1. The number of likely N-dealkylation sites (tertiary alicyclic amines) is 1. The molecule has 1 aromatic heterocycles. The Labute approximate surface area is 195 Å². The average molecular weight is 497 g/mol. The molecule has 0 radical (unpaired) electrons. The zero-order valence-electron chi connectivity index (χ0n) is 16.9. The standard InChI is InChI=1S/C21H22ClFN4O3S2/c22-16-11-15(32(28,29)26-21-25-8-10-31-21)5-6-19(16)30-20-7-9-27(13-18(20)24)12-14-3-1-2-4-17(14)23/h1-6,8,10-11,18,20H,7,9,12-13,24H2,(H,25,26)/t18-,20-/m1/s1. The smallest absolute Gasteiger partial charge is 0.263 e. The van der Waals surface area contributed by atoms with Gasteiger partial charge in [-0.15, -0.1) is 11.3 Å². The number of benzene rings is 2. The van der Waals surface area contributed by atoms with Crippen molar-refractivity contribution < 1.29 is 17.5 Å². The molecule has 170 valence electrons. The molecular formula is C21H22ClFN4O3S2. The summed E-state index contributed by atoms with van der Waals surface area (Å²) in [7, 11) is -3.81. The van der Waals surface area contributed by atoms with Gasteiger partial charge in [0.1, 0.15) is 17.7 Å². The first-order valence-corrected chi connectivity index (χ1v) is 12.7. The van der Waals surface area contributed by atoms with Gasteiger partial charge >= 0.3 is 0 Å². The minimum Gasteiger partial charge on any atom is -0.487 e. The highest BCUT2D eigenvalue weighted by molar-refractivity contribution is 7.93. The van der Waals surface area contributed by atoms with Gasteiger partial charge in [0.15, 0.2) is 5.13 Å². The summed E-state index contributed by atoms with van der Waals surface area (Å²) in [6.07, 6.45) is 1.86. The van der Waals surface area contributed by atoms with Gasteiger partial charge in [-0.25, -0.2) is 17.8 Å². The molecule has 0 saturated carbocycles. The van der Waals surface area contributed by atoms with Crippen LogP contribution in [0.25, 0.3) is 0 Å². The Morgan fingerprint density at radius 1 is 1.31 bits per heavy atom. The maximum atomic E-state index is 13.9. The number of rotatable bonds is 7. The number of ether oxygens (including phenoxy) is 1. The molecule has 0 aliphatic carbocycles. The summed E-state index contributed by atoms with van der Waals surface area (Å²) in [5, 5.41) is 2.12. The Balaban J connectivity index is 1.38. The van der Waals surface area contributed by atoms with Crippen LogP contribution in [-0.2, 0) is 16.6 Å². The van der Waals surface area contributed by atoms with E-state index in [-0.39, 0.29) is 33.0 Å². The van der Waals surface area contributed by atoms with E-state index in [1.54, 1.807) is 17.5 Å². The lowest BCUT2D eigenvalue weighted by atomic mass is 10.0. The molecule has 1 fully saturated rings. The lowest BCUT2D eigenvalue weighted by Crippen LogP contribution is -2.53. The first-order valence-electron chi connectivity index (χ1n) is 9.92. The fourth-order valence-electron chi connectivity index (χ4n) is 3.54. The van der Waals surface area contributed by atoms with Crippen LogP contribution in [0.1, 0.15) is 12.0 Å². The van der Waals surface area contributed by atoms with E-state index in [9.17, 15) is 12.8 Å². The van der Waals surface area contributed by atoms with E-state index >= 15 is 0 Å². The second-order valence-electron chi connectivity index (χ2n) is 7.47. The van der Waals surface area contributed by atoms with E-state index < -0.39 is 10.0 Å². The molecule has 1 saturated heterocycles. The number of sulfonamides is 1. The van der Waals surface area contributed by atoms with Gasteiger partial charge in [-0.3, -0.25) is 9.62 Å². The number of hydrogen-bond donors (Lipinski definition) is 2. The summed E-state index contributed by atoms with van der Waals surface area (Å²) in [4.78, 5) is 6.02. The molecule has 3 aromatic rings. The summed E-state index contributed by atoms with van der Waals surface area (Å²) in [6.45, 7) is 1.71. The second kappa shape index (κ2) is 9.72. The molecule has 32 heavy (non-hydrogen) atoms. The predicted octanol–water partition coefficient (Wildman–Crippen LogP) is 3.72. The zero-order chi connectivity index (χ0) is 22.7. The van der Waals surface area contributed by atoms with Gasteiger partial charge in [0, 0.05) is 36.8 Å². The Morgan fingerprint density at radius 3 is 2.81 bits per heavy atom. The zero-order valence-corrected chi connectivity index (χ0v) is 19.3. The number of nitrogens with two attached hydrogens (primary N) is 1. The third-order valence-corrected chi connectivity index (χ3v) is 7.62. The highest BCUT2D eigenvalue weighted by Crippen LogP contribution is 2.31. The van der Waals surface area contributed by atoms with E-state index in [2.05, 4.69) is 14.6 Å². The van der Waals surface area contributed by atoms with Crippen molar-refractivity contribution in [1.29, 1.82) is 0 Å². The van der Waals surface area contributed by atoms with Crippen LogP contribution >= 0.6 is 22.9 Å². The van der Waals surface area contributed by atoms with Gasteiger partial charge in [0.2, 0.25) is 0 Å². The van der Waals surface area contributed by atoms with Crippen molar-refractivity contribution in [2.75, 3.05) is 17.8 Å². The molecule has 2 atom stereocenters. The van der Waals surface area contributed by atoms with Gasteiger partial charge in [-0.1, -0.05) is 29.8 Å². The van der Waals surface area contributed by atoms with Crippen molar-refractivity contribution in [1.82, 2.24) is 9.88 Å². The Kier molecular flexibility index (Phi) is 6.96. The molecule has 2 aromatic carbocycles. The molecule has 1 aliphatic heterocycles. The molecule has 0 amide bonds. The van der Waals surface area contributed by atoms with Crippen LogP contribution in [0.5, 0.6) is 5.75 Å². The average Bonchev–Trinajstić information content (AvgIpc) is 3.25. The summed E-state index contributed by atoms with van der Waals surface area (Å²) in [5.41, 5.74) is 6.95. The molecular weight excluding hydrogens is 475 g/mol. The first-order chi connectivity index (χ1) is 15.3. The minimum atomic E-state index is -3.81. The molecule has 0 spiro atoms. The van der Waals surface area contributed by atoms with Gasteiger partial charge in [0.25, 0.3) is 10.0 Å². The molecule has 0 unspecified atom stereocenters. The maximum absolute atomic E-state index is 13.9. The summed E-state index contributed by atoms with van der Waals surface area (Å²) >= 11 is 7.49. The van der Waals surface area contributed by atoms with Crippen molar-refractivity contribution in [3.05, 3.63) is 70.4 Å². The Hall–Kier alpha value is -2.24. The van der Waals surface area contributed by atoms with E-state index in [4.69, 9.17) is 22.1 Å². The van der Waals surface area contributed by atoms with Crippen molar-refractivity contribution in [2.45, 2.75) is 30.0 Å². The quantitative estimate of drug-likeness (QED) is 0.517. The number of halogens is 2. The predicted molar refractivity (Wildman–Crippen MR) is 123 cm³/mol. The second-order valence-corrected chi connectivity index (χ2v) is 10.5. The third kappa shape index (κ3) is 5.38. The number of hydrogen-bond acceptors (Lipinski definition) is 7. The Morgan fingerprint density at radius 2 is 2.12 bits per heavy atom. The van der Waals surface area contributed by atoms with Crippen LogP contribution in [0.4, 0.5) is 9.52 Å². The van der Waals surface area contributed by atoms with Crippen LogP contribution in [0, 0.1) is 5.82 Å². The normalized spacial score (nSPS) is 19.6. The van der Waals surface area contributed by atoms with Crippen molar-refractivity contribution >= 4 is 38.1 Å². The van der Waals surface area contributed by atoms with Gasteiger partial charge in [-0.05, 0) is 30.7 Å². The van der Waals surface area contributed by atoms with Crippen molar-refractivity contribution in [3.63, 3.8) is 0 Å². The van der Waals surface area contributed by atoms with Crippen LogP contribution < -0.4 is 15.2 Å². The first kappa shape index (κ1) is 22.9. The molecule has 11 heteroatoms. The van der Waals surface area contributed by atoms with Crippen molar-refractivity contribution in [3.8, 4) is 5.75 Å². The molecule has 0 bridgehead atoms. The fourth-order valence-corrected chi connectivity index (χ4v) is 5.65. The third-order valence-electron chi connectivity index (χ3n) is 5.17. The van der Waals surface area contributed by atoms with E-state index in [1.807, 2.05) is 6.07 Å². The number of anilines is 1. The summed E-state index contributed by atoms with van der Waals surface area (Å²) < 4.78 is 47.4. The number of nitrogens with one attached hydrogen (secondary N) is 1. The highest BCUT2D eigenvalue weighted by atomic mass is 35.5. The van der Waals surface area contributed by atoms with E-state index in [1.165, 1.54) is 41.8 Å². The SMILES string of the molecule is N[C@@H]1CN(Cc2ccccc2F)CC[C@H]1Oc1ccc(S(=O)(=O)Nc2nccs2)cc1Cl. The monoisotopic (exact) mass is 496 g/mol. The maximum Gasteiger partial charge on any atom is 0.263 e. The van der Waals surface area contributed by atoms with Crippen molar-refractivity contribution in [2.24, 2.45) is 5.73 Å². The summed E-state index contributed by atoms with van der Waals surface area (Å²) in [6, 6.07) is 10.7. The lowest BCUT2D eigenvalue weighted by molar-refractivity contribution is 0.0761. The van der Waals surface area contributed by atoms with E-state index in [0.717, 1.165) is 0 Å². The van der Waals surface area contributed by atoms with Gasteiger partial charge in [-0.2, -0.15) is 0 Å². The summed E-state index contributed by atoms with van der Waals surface area (Å²) in [5.74, 6) is 0.133. The lowest BCUT2D eigenvalue weighted by Gasteiger charge is -2.36. The van der Waals surface area contributed by atoms with Crippen LogP contribution in [0.15, 0.2) is 58.9 Å². The molecule has 4 rings (SSSR count). The molecule has 3 N–H and O–H groups in total. The minimum absolute atomic E-state index is 0.00838. The van der Waals surface area contributed by atoms with E-state index in [0.29, 0.717) is 37.4 Å². The number of piperidine rings is 1. The van der Waals surface area contributed by atoms with Crippen LogP contribution in [0.2, 0.25) is 5.02 Å². The van der Waals surface area contributed by atoms with Gasteiger partial charge < -0.3 is 10.5 Å². The number of thiazole rings is 1. The molecule has 2 heterocycles. The Bertz CT molecular complexity index is 1180.